The van der Waals surface area contributed by atoms with Crippen LogP contribution in [-0.4, -0.2) is 26.1 Å². The zero-order chi connectivity index (χ0) is 14.3. The number of hydrogen-bond acceptors (Lipinski definition) is 3. The molecule has 20 heavy (non-hydrogen) atoms. The highest BCUT2D eigenvalue weighted by Gasteiger charge is 2.35. The van der Waals surface area contributed by atoms with E-state index >= 15 is 0 Å². The molecule has 0 spiro atoms. The minimum Gasteiger partial charge on any atom is -0.478 e. The molecule has 1 fully saturated rings. The average molecular weight is 273 g/mol. The monoisotopic (exact) mass is 273 g/mol. The van der Waals surface area contributed by atoms with Crippen LogP contribution in [0.25, 0.3) is 11.0 Å². The quantitative estimate of drug-likeness (QED) is 0.911. The van der Waals surface area contributed by atoms with Gasteiger partial charge in [-0.3, -0.25) is 0 Å². The highest BCUT2D eigenvalue weighted by molar-refractivity contribution is 5.92. The second kappa shape index (κ2) is 4.58. The summed E-state index contributed by atoms with van der Waals surface area (Å²) in [6.45, 7) is 4.55. The first-order chi connectivity index (χ1) is 9.49. The number of aromatic carboxylic acids is 1. The van der Waals surface area contributed by atoms with E-state index in [9.17, 15) is 4.79 Å². The molecule has 106 valence electrons. The van der Waals surface area contributed by atoms with Crippen molar-refractivity contribution in [2.75, 3.05) is 0 Å². The standard InChI is InChI=1S/C15H19N3O2/c1-15(2)8-4-3-5-13(15)18-12-7-6-10(14(19)20)9-11(12)16-17-18/h6-7,9,13H,3-5,8H2,1-2H3,(H,19,20). The van der Waals surface area contributed by atoms with Crippen LogP contribution in [0.3, 0.4) is 0 Å². The molecule has 0 amide bonds. The second-order valence-corrected chi connectivity index (χ2v) is 6.29. The van der Waals surface area contributed by atoms with Crippen LogP contribution in [0.5, 0.6) is 0 Å². The van der Waals surface area contributed by atoms with Gasteiger partial charge < -0.3 is 5.11 Å². The molecule has 1 aliphatic carbocycles. The first-order valence-electron chi connectivity index (χ1n) is 7.07. The van der Waals surface area contributed by atoms with Crippen molar-refractivity contribution < 1.29 is 9.90 Å². The Morgan fingerprint density at radius 3 is 2.90 bits per heavy atom. The van der Waals surface area contributed by atoms with Crippen molar-refractivity contribution in [2.24, 2.45) is 5.41 Å². The molecule has 1 atom stereocenters. The molecular formula is C15H19N3O2. The van der Waals surface area contributed by atoms with Crippen molar-refractivity contribution in [3.05, 3.63) is 23.8 Å². The molecule has 5 heteroatoms. The van der Waals surface area contributed by atoms with Crippen molar-refractivity contribution in [1.82, 2.24) is 15.0 Å². The maximum atomic E-state index is 11.0. The smallest absolute Gasteiger partial charge is 0.335 e. The van der Waals surface area contributed by atoms with E-state index in [1.54, 1.807) is 12.1 Å². The van der Waals surface area contributed by atoms with Crippen LogP contribution in [0.2, 0.25) is 0 Å². The van der Waals surface area contributed by atoms with Crippen molar-refractivity contribution in [2.45, 2.75) is 45.6 Å². The molecule has 1 aromatic heterocycles. The van der Waals surface area contributed by atoms with Crippen LogP contribution in [0, 0.1) is 5.41 Å². The van der Waals surface area contributed by atoms with Gasteiger partial charge in [0.05, 0.1) is 17.1 Å². The van der Waals surface area contributed by atoms with Crippen LogP contribution in [0.1, 0.15) is 55.9 Å². The van der Waals surface area contributed by atoms with Gasteiger partial charge in [0, 0.05) is 0 Å². The third kappa shape index (κ3) is 2.07. The molecule has 1 aliphatic rings. The first-order valence-corrected chi connectivity index (χ1v) is 7.07. The fourth-order valence-corrected chi connectivity index (χ4v) is 3.23. The Kier molecular flexibility index (Phi) is 3.00. The van der Waals surface area contributed by atoms with Crippen molar-refractivity contribution in [3.63, 3.8) is 0 Å². The number of benzene rings is 1. The lowest BCUT2D eigenvalue weighted by atomic mass is 9.73. The van der Waals surface area contributed by atoms with Gasteiger partial charge in [-0.05, 0) is 36.5 Å². The summed E-state index contributed by atoms with van der Waals surface area (Å²) in [5.41, 5.74) is 2.04. The topological polar surface area (TPSA) is 68.0 Å². The Labute approximate surface area is 117 Å². The Bertz CT molecular complexity index is 660. The molecule has 1 N–H and O–H groups in total. The molecule has 5 nitrogen and oxygen atoms in total. The van der Waals surface area contributed by atoms with E-state index in [1.807, 2.05) is 10.7 Å². The zero-order valence-electron chi connectivity index (χ0n) is 11.8. The third-order valence-electron chi connectivity index (χ3n) is 4.46. The number of fused-ring (bicyclic) bond motifs is 1. The first kappa shape index (κ1) is 13.1. The maximum Gasteiger partial charge on any atom is 0.335 e. The van der Waals surface area contributed by atoms with Gasteiger partial charge in [-0.15, -0.1) is 5.10 Å². The van der Waals surface area contributed by atoms with Crippen LogP contribution in [0.4, 0.5) is 0 Å². The molecule has 0 bridgehead atoms. The fourth-order valence-electron chi connectivity index (χ4n) is 3.23. The van der Waals surface area contributed by atoms with E-state index < -0.39 is 5.97 Å². The van der Waals surface area contributed by atoms with Crippen molar-refractivity contribution >= 4 is 17.0 Å². The highest BCUT2D eigenvalue weighted by Crippen LogP contribution is 2.44. The van der Waals surface area contributed by atoms with Crippen LogP contribution >= 0.6 is 0 Å². The van der Waals surface area contributed by atoms with Crippen molar-refractivity contribution in [1.29, 1.82) is 0 Å². The Balaban J connectivity index is 2.06. The lowest BCUT2D eigenvalue weighted by molar-refractivity contribution is 0.0697. The van der Waals surface area contributed by atoms with Crippen molar-refractivity contribution in [3.8, 4) is 0 Å². The van der Waals surface area contributed by atoms with Gasteiger partial charge in [-0.1, -0.05) is 31.9 Å². The summed E-state index contributed by atoms with van der Waals surface area (Å²) >= 11 is 0. The fraction of sp³-hybridized carbons (Fsp3) is 0.533. The predicted octanol–water partition coefficient (Wildman–Crippen LogP) is 3.27. The molecular weight excluding hydrogens is 254 g/mol. The van der Waals surface area contributed by atoms with Gasteiger partial charge in [0.15, 0.2) is 0 Å². The number of nitrogens with zero attached hydrogens (tertiary/aromatic N) is 3. The molecule has 1 heterocycles. The van der Waals surface area contributed by atoms with Crippen LogP contribution in [0.15, 0.2) is 18.2 Å². The summed E-state index contributed by atoms with van der Waals surface area (Å²) in [5.74, 6) is -0.931. The SMILES string of the molecule is CC1(C)CCCCC1n1nnc2cc(C(=O)O)ccc21. The zero-order valence-corrected chi connectivity index (χ0v) is 11.8. The Morgan fingerprint density at radius 2 is 2.20 bits per heavy atom. The second-order valence-electron chi connectivity index (χ2n) is 6.29. The summed E-state index contributed by atoms with van der Waals surface area (Å²) < 4.78 is 1.99. The van der Waals surface area contributed by atoms with E-state index in [0.29, 0.717) is 11.6 Å². The highest BCUT2D eigenvalue weighted by atomic mass is 16.4. The van der Waals surface area contributed by atoms with Gasteiger partial charge in [-0.25, -0.2) is 9.48 Å². The maximum absolute atomic E-state index is 11.0. The van der Waals surface area contributed by atoms with E-state index in [2.05, 4.69) is 24.2 Å². The Morgan fingerprint density at radius 1 is 1.40 bits per heavy atom. The molecule has 2 aromatic rings. The largest absolute Gasteiger partial charge is 0.478 e. The van der Waals surface area contributed by atoms with Gasteiger partial charge in [0.25, 0.3) is 0 Å². The summed E-state index contributed by atoms with van der Waals surface area (Å²) in [6, 6.07) is 5.37. The van der Waals surface area contributed by atoms with Crippen LogP contribution < -0.4 is 0 Å². The molecule has 1 saturated carbocycles. The number of carboxylic acid groups (broad SMARTS) is 1. The molecule has 1 aromatic carbocycles. The lowest BCUT2D eigenvalue weighted by Crippen LogP contribution is -2.31. The van der Waals surface area contributed by atoms with E-state index in [4.69, 9.17) is 5.11 Å². The number of carbonyl (C=O) groups is 1. The summed E-state index contributed by atoms with van der Waals surface area (Å²) in [7, 11) is 0. The molecule has 1 unspecified atom stereocenters. The molecule has 3 rings (SSSR count). The normalized spacial score (nSPS) is 22.0. The number of hydrogen-bond donors (Lipinski definition) is 1. The Hall–Kier alpha value is -1.91. The minimum atomic E-state index is -0.931. The molecule has 0 radical (unpaired) electrons. The average Bonchev–Trinajstić information content (AvgIpc) is 2.81. The molecule has 0 aliphatic heterocycles. The lowest BCUT2D eigenvalue weighted by Gasteiger charge is -2.38. The van der Waals surface area contributed by atoms with Crippen LogP contribution in [-0.2, 0) is 0 Å². The summed E-state index contributed by atoms with van der Waals surface area (Å²) in [4.78, 5) is 11.0. The summed E-state index contributed by atoms with van der Waals surface area (Å²) in [6.07, 6.45) is 4.76. The number of carboxylic acids is 1. The number of rotatable bonds is 2. The third-order valence-corrected chi connectivity index (χ3v) is 4.46. The molecule has 0 saturated heterocycles. The van der Waals surface area contributed by atoms with E-state index in [0.717, 1.165) is 11.9 Å². The van der Waals surface area contributed by atoms with Gasteiger partial charge in [0.1, 0.15) is 5.52 Å². The van der Waals surface area contributed by atoms with Gasteiger partial charge >= 0.3 is 5.97 Å². The number of aromatic nitrogens is 3. The summed E-state index contributed by atoms with van der Waals surface area (Å²) in [5, 5.41) is 17.5. The minimum absolute atomic E-state index is 0.199. The van der Waals surface area contributed by atoms with Gasteiger partial charge in [0.2, 0.25) is 0 Å². The van der Waals surface area contributed by atoms with E-state index in [1.165, 1.54) is 19.3 Å². The van der Waals surface area contributed by atoms with Gasteiger partial charge in [-0.2, -0.15) is 0 Å². The predicted molar refractivity (Wildman–Crippen MR) is 75.8 cm³/mol. The van der Waals surface area contributed by atoms with E-state index in [-0.39, 0.29) is 11.0 Å².